The lowest BCUT2D eigenvalue weighted by Crippen LogP contribution is -2.26. The van der Waals surface area contributed by atoms with Crippen molar-refractivity contribution in [3.05, 3.63) is 58.6 Å². The highest BCUT2D eigenvalue weighted by Gasteiger charge is 2.36. The van der Waals surface area contributed by atoms with Crippen LogP contribution in [0.5, 0.6) is 11.5 Å². The highest BCUT2D eigenvalue weighted by Crippen LogP contribution is 2.47. The Morgan fingerprint density at radius 1 is 1.10 bits per heavy atom. The number of rotatable bonds is 3. The Morgan fingerprint density at radius 2 is 1.77 bits per heavy atom. The second-order valence-corrected chi connectivity index (χ2v) is 8.02. The van der Waals surface area contributed by atoms with Crippen LogP contribution in [-0.4, -0.2) is 28.6 Å². The van der Waals surface area contributed by atoms with Crippen LogP contribution in [0.15, 0.2) is 52.7 Å². The summed E-state index contributed by atoms with van der Waals surface area (Å²) in [4.78, 5) is 26.8. The summed E-state index contributed by atoms with van der Waals surface area (Å²) in [6.45, 7) is 4.05. The van der Waals surface area contributed by atoms with Crippen molar-refractivity contribution < 1.29 is 19.8 Å². The largest absolute Gasteiger partial charge is 0.506 e. The number of phenols is 2. The maximum absolute atomic E-state index is 12.6. The second kappa shape index (κ2) is 8.00. The molecule has 3 aromatic carbocycles. The van der Waals surface area contributed by atoms with Crippen molar-refractivity contribution in [2.45, 2.75) is 20.3 Å². The maximum Gasteiger partial charge on any atom is 0.270 e. The molecule has 8 heteroatoms. The lowest BCUT2D eigenvalue weighted by atomic mass is 10.1. The lowest BCUT2D eigenvalue weighted by molar-refractivity contribution is -0.124. The van der Waals surface area contributed by atoms with Crippen molar-refractivity contribution in [1.29, 1.82) is 0 Å². The fourth-order valence-electron chi connectivity index (χ4n) is 3.75. The van der Waals surface area contributed by atoms with Crippen molar-refractivity contribution in [2.75, 3.05) is 11.4 Å². The number of carbonyl (C=O) groups is 2. The molecular weight excluding hydrogens is 418 g/mol. The number of fused-ring (bicyclic) bond motifs is 1. The number of hydrogen-bond donors (Lipinski definition) is 2. The van der Waals surface area contributed by atoms with Gasteiger partial charge >= 0.3 is 0 Å². The van der Waals surface area contributed by atoms with E-state index in [0.717, 1.165) is 16.8 Å². The standard InChI is InChI=1S/C23H20ClN3O4/c1-12-7-8-13(2)17(9-12)27-11-14(10-18(27)28)23(31)26-25-20-19(24)21(29)15-5-3-4-6-16(15)22(20)30/h3-9,14,29-30H,10-11H2,1-2H3. The van der Waals surface area contributed by atoms with E-state index in [0.29, 0.717) is 10.8 Å². The predicted octanol–water partition coefficient (Wildman–Crippen LogP) is 5.18. The van der Waals surface area contributed by atoms with Crippen LogP contribution in [-0.2, 0) is 9.59 Å². The zero-order valence-electron chi connectivity index (χ0n) is 17.0. The Hall–Kier alpha value is -3.45. The van der Waals surface area contributed by atoms with Crippen molar-refractivity contribution in [1.82, 2.24) is 0 Å². The van der Waals surface area contributed by atoms with Crippen LogP contribution in [0.1, 0.15) is 17.5 Å². The number of phenolic OH excluding ortho intramolecular Hbond substituents is 2. The number of aryl methyl sites for hydroxylation is 2. The normalized spacial score (nSPS) is 16.5. The molecule has 1 aliphatic rings. The van der Waals surface area contributed by atoms with Crippen LogP contribution in [0, 0.1) is 19.8 Å². The third-order valence-corrected chi connectivity index (χ3v) is 5.81. The van der Waals surface area contributed by atoms with Crippen LogP contribution in [0.4, 0.5) is 11.4 Å². The minimum atomic E-state index is -0.661. The summed E-state index contributed by atoms with van der Waals surface area (Å²) in [5.41, 5.74) is 2.54. The Balaban J connectivity index is 1.59. The lowest BCUT2D eigenvalue weighted by Gasteiger charge is -2.19. The molecule has 0 spiro atoms. The maximum atomic E-state index is 12.6. The highest BCUT2D eigenvalue weighted by molar-refractivity contribution is 6.36. The topological polar surface area (TPSA) is 103 Å². The highest BCUT2D eigenvalue weighted by atomic mass is 35.5. The molecule has 2 amide bonds. The van der Waals surface area contributed by atoms with Crippen molar-refractivity contribution in [3.63, 3.8) is 0 Å². The summed E-state index contributed by atoms with van der Waals surface area (Å²) < 4.78 is 0. The second-order valence-electron chi connectivity index (χ2n) is 7.64. The molecule has 0 radical (unpaired) electrons. The Bertz CT molecular complexity index is 1260. The third-order valence-electron chi connectivity index (χ3n) is 5.46. The van der Waals surface area contributed by atoms with Crippen molar-refractivity contribution in [3.8, 4) is 11.5 Å². The van der Waals surface area contributed by atoms with Gasteiger partial charge in [0.2, 0.25) is 5.91 Å². The molecule has 158 valence electrons. The molecule has 1 fully saturated rings. The Morgan fingerprint density at radius 3 is 2.48 bits per heavy atom. The van der Waals surface area contributed by atoms with Crippen LogP contribution in [0.25, 0.3) is 10.8 Å². The van der Waals surface area contributed by atoms with E-state index in [4.69, 9.17) is 11.6 Å². The average molecular weight is 438 g/mol. The predicted molar refractivity (Wildman–Crippen MR) is 118 cm³/mol. The van der Waals surface area contributed by atoms with Crippen LogP contribution >= 0.6 is 11.6 Å². The van der Waals surface area contributed by atoms with Gasteiger partial charge < -0.3 is 15.1 Å². The van der Waals surface area contributed by atoms with E-state index in [1.807, 2.05) is 32.0 Å². The van der Waals surface area contributed by atoms with Crippen molar-refractivity contribution >= 4 is 45.6 Å². The number of halogens is 1. The van der Waals surface area contributed by atoms with Gasteiger partial charge in [0, 0.05) is 29.4 Å². The Labute approximate surface area is 183 Å². The summed E-state index contributed by atoms with van der Waals surface area (Å²) in [6.07, 6.45) is 0.0217. The molecule has 1 heterocycles. The third kappa shape index (κ3) is 3.72. The fraction of sp³-hybridized carbons (Fsp3) is 0.217. The number of azo groups is 1. The molecule has 7 nitrogen and oxygen atoms in total. The van der Waals surface area contributed by atoms with E-state index in [9.17, 15) is 19.8 Å². The van der Waals surface area contributed by atoms with E-state index >= 15 is 0 Å². The number of carbonyl (C=O) groups excluding carboxylic acids is 2. The first-order chi connectivity index (χ1) is 14.8. The van der Waals surface area contributed by atoms with Gasteiger partial charge in [0.1, 0.15) is 10.8 Å². The molecular formula is C23H20ClN3O4. The summed E-state index contributed by atoms with van der Waals surface area (Å²) in [5.74, 6) is -1.95. The molecule has 0 aliphatic carbocycles. The van der Waals surface area contributed by atoms with Gasteiger partial charge in [-0.2, -0.15) is 0 Å². The summed E-state index contributed by atoms with van der Waals surface area (Å²) in [7, 11) is 0. The molecule has 2 N–H and O–H groups in total. The molecule has 1 saturated heterocycles. The quantitative estimate of drug-likeness (QED) is 0.435. The van der Waals surface area contributed by atoms with Crippen LogP contribution in [0.2, 0.25) is 5.02 Å². The zero-order chi connectivity index (χ0) is 22.3. The van der Waals surface area contributed by atoms with Gasteiger partial charge in [-0.25, -0.2) is 0 Å². The smallest absolute Gasteiger partial charge is 0.270 e. The average Bonchev–Trinajstić information content (AvgIpc) is 3.15. The first-order valence-electron chi connectivity index (χ1n) is 9.73. The molecule has 4 rings (SSSR count). The van der Waals surface area contributed by atoms with E-state index in [-0.39, 0.29) is 41.1 Å². The van der Waals surface area contributed by atoms with Gasteiger partial charge in [-0.1, -0.05) is 48.0 Å². The van der Waals surface area contributed by atoms with Gasteiger partial charge in [0.05, 0.1) is 5.92 Å². The van der Waals surface area contributed by atoms with Crippen molar-refractivity contribution in [2.24, 2.45) is 16.1 Å². The first-order valence-corrected chi connectivity index (χ1v) is 10.1. The fourth-order valence-corrected chi connectivity index (χ4v) is 3.98. The van der Waals surface area contributed by atoms with Gasteiger partial charge in [-0.05, 0) is 31.0 Å². The summed E-state index contributed by atoms with van der Waals surface area (Å²) in [6, 6.07) is 12.4. The van der Waals surface area contributed by atoms with E-state index in [1.54, 1.807) is 29.2 Å². The monoisotopic (exact) mass is 437 g/mol. The number of amides is 2. The summed E-state index contributed by atoms with van der Waals surface area (Å²) in [5, 5.41) is 28.8. The molecule has 0 bridgehead atoms. The van der Waals surface area contributed by atoms with E-state index in [2.05, 4.69) is 10.2 Å². The van der Waals surface area contributed by atoms with Crippen LogP contribution < -0.4 is 4.90 Å². The molecule has 3 aromatic rings. The molecule has 1 unspecified atom stereocenters. The van der Waals surface area contributed by atoms with Gasteiger partial charge in [0.25, 0.3) is 5.91 Å². The zero-order valence-corrected chi connectivity index (χ0v) is 17.7. The van der Waals surface area contributed by atoms with Gasteiger partial charge in [-0.3, -0.25) is 9.59 Å². The minimum Gasteiger partial charge on any atom is -0.506 e. The number of benzene rings is 3. The van der Waals surface area contributed by atoms with E-state index in [1.165, 1.54) is 0 Å². The number of nitrogens with zero attached hydrogens (tertiary/aromatic N) is 3. The number of aromatic hydroxyl groups is 2. The molecule has 0 aromatic heterocycles. The summed E-state index contributed by atoms with van der Waals surface area (Å²) >= 11 is 6.14. The molecule has 1 atom stereocenters. The molecule has 31 heavy (non-hydrogen) atoms. The molecule has 1 aliphatic heterocycles. The number of anilines is 1. The van der Waals surface area contributed by atoms with Crippen LogP contribution in [0.3, 0.4) is 0 Å². The first kappa shape index (κ1) is 20.8. The number of hydrogen-bond acceptors (Lipinski definition) is 5. The minimum absolute atomic E-state index is 0.0217. The SMILES string of the molecule is Cc1ccc(C)c(N2CC(C(=O)N=Nc3c(Cl)c(O)c4ccccc4c3O)CC2=O)c1. The Kier molecular flexibility index (Phi) is 5.37. The van der Waals surface area contributed by atoms with E-state index < -0.39 is 11.8 Å². The van der Waals surface area contributed by atoms with Gasteiger partial charge in [0.15, 0.2) is 11.4 Å². The van der Waals surface area contributed by atoms with Gasteiger partial charge in [-0.15, -0.1) is 10.2 Å². The molecule has 0 saturated carbocycles.